The van der Waals surface area contributed by atoms with E-state index in [1.807, 2.05) is 12.1 Å². The first-order valence-corrected chi connectivity index (χ1v) is 13.5. The molecule has 6 rings (SSSR count). The molecule has 11 nitrogen and oxygen atoms in total. The first-order valence-electron chi connectivity index (χ1n) is 11.9. The Bertz CT molecular complexity index is 2030. The third kappa shape index (κ3) is 6.13. The van der Waals surface area contributed by atoms with E-state index in [-0.39, 0.29) is 16.1 Å². The van der Waals surface area contributed by atoms with Crippen LogP contribution in [0.15, 0.2) is 97.4 Å². The zero-order valence-electron chi connectivity index (χ0n) is 21.1. The number of aromatic nitrogens is 1. The minimum atomic E-state index is -0.712. The van der Waals surface area contributed by atoms with E-state index >= 15 is 0 Å². The van der Waals surface area contributed by atoms with Crippen molar-refractivity contribution in [1.82, 2.24) is 4.98 Å². The van der Waals surface area contributed by atoms with Crippen LogP contribution in [0.3, 0.4) is 0 Å². The maximum atomic E-state index is 12.1. The molecular formula is C29H15N5O6S2. The molecule has 0 aliphatic heterocycles. The highest BCUT2D eigenvalue weighted by Gasteiger charge is 2.16. The van der Waals surface area contributed by atoms with E-state index in [4.69, 9.17) is 19.4 Å². The Morgan fingerprint density at radius 3 is 1.76 bits per heavy atom. The second-order valence-electron chi connectivity index (χ2n) is 8.30. The summed E-state index contributed by atoms with van der Waals surface area (Å²) in [5, 5.41) is 25.0. The van der Waals surface area contributed by atoms with Gasteiger partial charge in [-0.3, -0.25) is 9.59 Å². The molecule has 0 saturated carbocycles. The van der Waals surface area contributed by atoms with Gasteiger partial charge in [0.1, 0.15) is 44.3 Å². The lowest BCUT2D eigenvalue weighted by Crippen LogP contribution is -2.20. The molecule has 0 radical (unpaired) electrons. The number of carbonyl (C=O) groups is 2. The zero-order valence-corrected chi connectivity index (χ0v) is 22.7. The number of thiazole rings is 1. The lowest BCUT2D eigenvalue weighted by Gasteiger charge is -2.02. The van der Waals surface area contributed by atoms with Crippen molar-refractivity contribution in [2.75, 3.05) is 10.6 Å². The molecule has 0 aliphatic rings. The van der Waals surface area contributed by atoms with Crippen LogP contribution >= 0.6 is 22.7 Å². The fraction of sp³-hybridized carbons (Fsp3) is 0. The van der Waals surface area contributed by atoms with Gasteiger partial charge in [0, 0.05) is 10.8 Å². The van der Waals surface area contributed by atoms with Gasteiger partial charge < -0.3 is 19.5 Å². The van der Waals surface area contributed by atoms with E-state index in [0.717, 1.165) is 22.7 Å². The molecular weight excluding hydrogens is 578 g/mol. The fourth-order valence-corrected chi connectivity index (χ4v) is 4.95. The van der Waals surface area contributed by atoms with Gasteiger partial charge in [-0.25, -0.2) is 14.6 Å². The van der Waals surface area contributed by atoms with Crippen molar-refractivity contribution >= 4 is 66.4 Å². The second kappa shape index (κ2) is 12.1. The van der Waals surface area contributed by atoms with Gasteiger partial charge in [-0.2, -0.15) is 10.5 Å². The summed E-state index contributed by atoms with van der Waals surface area (Å²) in [6.45, 7) is 0. The summed E-state index contributed by atoms with van der Waals surface area (Å²) < 4.78 is 10.2. The van der Waals surface area contributed by atoms with E-state index in [1.165, 1.54) is 18.3 Å². The summed E-state index contributed by atoms with van der Waals surface area (Å²) in [5.41, 5.74) is -0.716. The Kier molecular flexibility index (Phi) is 7.97. The van der Waals surface area contributed by atoms with Crippen LogP contribution in [0, 0.1) is 22.7 Å². The number of rotatable bonds is 4. The second-order valence-corrected chi connectivity index (χ2v) is 10.4. The van der Waals surface area contributed by atoms with Crippen molar-refractivity contribution in [3.05, 3.63) is 121 Å². The van der Waals surface area contributed by atoms with Crippen molar-refractivity contribution in [1.29, 1.82) is 10.5 Å². The molecule has 2 amide bonds. The Morgan fingerprint density at radius 1 is 0.714 bits per heavy atom. The Morgan fingerprint density at radius 2 is 1.26 bits per heavy atom. The fourth-order valence-electron chi connectivity index (χ4n) is 3.65. The summed E-state index contributed by atoms with van der Waals surface area (Å²) in [6, 6.07) is 23.9. The molecule has 13 heteroatoms. The molecule has 0 fully saturated rings. The first-order chi connectivity index (χ1) is 20.3. The SMILES string of the molecule is N#Cc1ccc(NC(=O)c2cc3ccccc3oc2=O)s1.N#Cc1ncc(NC(=O)c2cc3ccccc3oc2=O)s1. The molecule has 42 heavy (non-hydrogen) atoms. The molecule has 0 unspecified atom stereocenters. The van der Waals surface area contributed by atoms with E-state index in [2.05, 4.69) is 15.6 Å². The number of hydrogen-bond acceptors (Lipinski definition) is 11. The molecule has 0 aliphatic carbocycles. The predicted octanol–water partition coefficient (Wildman–Crippen LogP) is 5.35. The largest absolute Gasteiger partial charge is 0.422 e. The van der Waals surface area contributed by atoms with Gasteiger partial charge >= 0.3 is 11.3 Å². The minimum Gasteiger partial charge on any atom is -0.422 e. The number of anilines is 2. The minimum absolute atomic E-state index is 0.0689. The number of nitrogens with one attached hydrogen (secondary N) is 2. The summed E-state index contributed by atoms with van der Waals surface area (Å²) in [5.74, 6) is -1.15. The van der Waals surface area contributed by atoms with Crippen LogP contribution in [-0.2, 0) is 0 Å². The van der Waals surface area contributed by atoms with Crippen molar-refractivity contribution in [3.8, 4) is 12.1 Å². The number of nitrogens with zero attached hydrogens (tertiary/aromatic N) is 3. The molecule has 4 aromatic heterocycles. The van der Waals surface area contributed by atoms with Gasteiger partial charge in [-0.05, 0) is 36.4 Å². The lowest BCUT2D eigenvalue weighted by atomic mass is 10.2. The average molecular weight is 594 g/mol. The van der Waals surface area contributed by atoms with E-state index in [0.29, 0.717) is 36.8 Å². The molecule has 204 valence electrons. The summed E-state index contributed by atoms with van der Waals surface area (Å²) >= 11 is 2.17. The molecule has 0 bridgehead atoms. The van der Waals surface area contributed by atoms with Gasteiger partial charge in [0.05, 0.1) is 11.2 Å². The van der Waals surface area contributed by atoms with E-state index < -0.39 is 23.1 Å². The van der Waals surface area contributed by atoms with Gasteiger partial charge in [-0.15, -0.1) is 11.3 Å². The van der Waals surface area contributed by atoms with Crippen LogP contribution in [0.4, 0.5) is 10.0 Å². The monoisotopic (exact) mass is 593 g/mol. The smallest absolute Gasteiger partial charge is 0.349 e. The quantitative estimate of drug-likeness (QED) is 0.255. The van der Waals surface area contributed by atoms with Crippen LogP contribution < -0.4 is 21.9 Å². The standard InChI is InChI=1S/C15H8N2O3S.C14H7N3O3S/c16-8-10-5-6-13(21-10)17-14(18)11-7-9-3-1-2-4-12(9)20-15(11)19;15-6-11-16-7-12(21-11)17-13(18)9-5-8-3-1-2-4-10(8)20-14(9)19/h1-7H,(H,17,18);1-5,7H,(H,17,18). The average Bonchev–Trinajstić information content (AvgIpc) is 3.65. The summed E-state index contributed by atoms with van der Waals surface area (Å²) in [4.78, 5) is 52.2. The predicted molar refractivity (Wildman–Crippen MR) is 157 cm³/mol. The van der Waals surface area contributed by atoms with Crippen LogP contribution in [0.5, 0.6) is 0 Å². The number of nitriles is 2. The summed E-state index contributed by atoms with van der Waals surface area (Å²) in [6.07, 6.45) is 1.36. The molecule has 0 atom stereocenters. The number of thiophene rings is 1. The lowest BCUT2D eigenvalue weighted by molar-refractivity contribution is 0.101. The van der Waals surface area contributed by atoms with Gasteiger partial charge in [0.25, 0.3) is 11.8 Å². The maximum Gasteiger partial charge on any atom is 0.349 e. The molecule has 4 heterocycles. The van der Waals surface area contributed by atoms with E-state index in [1.54, 1.807) is 60.7 Å². The van der Waals surface area contributed by atoms with Crippen LogP contribution in [0.1, 0.15) is 30.6 Å². The number of carbonyl (C=O) groups excluding carboxylic acids is 2. The number of para-hydroxylation sites is 2. The Balaban J connectivity index is 0.000000168. The van der Waals surface area contributed by atoms with Crippen LogP contribution in [-0.4, -0.2) is 16.8 Å². The highest BCUT2D eigenvalue weighted by atomic mass is 32.1. The molecule has 2 aromatic carbocycles. The van der Waals surface area contributed by atoms with Gasteiger partial charge in [-0.1, -0.05) is 47.7 Å². The molecule has 6 aromatic rings. The maximum absolute atomic E-state index is 12.1. The number of benzene rings is 2. The Hall–Kier alpha value is -5.89. The van der Waals surface area contributed by atoms with Gasteiger partial charge in [0.2, 0.25) is 0 Å². The van der Waals surface area contributed by atoms with Gasteiger partial charge in [0.15, 0.2) is 5.01 Å². The number of fused-ring (bicyclic) bond motifs is 2. The number of hydrogen-bond donors (Lipinski definition) is 2. The third-order valence-electron chi connectivity index (χ3n) is 5.56. The normalized spacial score (nSPS) is 10.2. The van der Waals surface area contributed by atoms with Crippen molar-refractivity contribution in [2.45, 2.75) is 0 Å². The van der Waals surface area contributed by atoms with Crippen LogP contribution in [0.2, 0.25) is 0 Å². The van der Waals surface area contributed by atoms with E-state index in [9.17, 15) is 19.2 Å². The summed E-state index contributed by atoms with van der Waals surface area (Å²) in [7, 11) is 0. The van der Waals surface area contributed by atoms with Crippen LogP contribution in [0.25, 0.3) is 21.9 Å². The van der Waals surface area contributed by atoms with Crippen molar-refractivity contribution in [2.24, 2.45) is 0 Å². The Labute approximate surface area is 243 Å². The van der Waals surface area contributed by atoms with Crippen molar-refractivity contribution < 1.29 is 18.4 Å². The third-order valence-corrected chi connectivity index (χ3v) is 7.29. The van der Waals surface area contributed by atoms with Crippen molar-refractivity contribution in [3.63, 3.8) is 0 Å². The topological polar surface area (TPSA) is 179 Å². The molecule has 2 N–H and O–H groups in total. The zero-order chi connectivity index (χ0) is 29.6. The first kappa shape index (κ1) is 27.7. The number of amides is 2. The highest BCUT2D eigenvalue weighted by Crippen LogP contribution is 2.22. The highest BCUT2D eigenvalue weighted by molar-refractivity contribution is 7.16. The molecule has 0 saturated heterocycles. The molecule has 0 spiro atoms.